The van der Waals surface area contributed by atoms with Gasteiger partial charge in [0.2, 0.25) is 5.91 Å². The molecule has 1 atom stereocenters. The van der Waals surface area contributed by atoms with E-state index in [1.807, 2.05) is 72.8 Å². The molecule has 132 valence electrons. The van der Waals surface area contributed by atoms with Crippen LogP contribution >= 0.6 is 11.8 Å². The second-order valence-electron chi connectivity index (χ2n) is 6.49. The molecule has 0 aliphatic carbocycles. The molecule has 0 aromatic heterocycles. The molecule has 0 fully saturated rings. The zero-order valence-electron chi connectivity index (χ0n) is 15.1. The van der Waals surface area contributed by atoms with Crippen molar-refractivity contribution in [2.24, 2.45) is 0 Å². The molecule has 0 aliphatic rings. The molecule has 0 bridgehead atoms. The van der Waals surface area contributed by atoms with Crippen LogP contribution in [0.25, 0.3) is 0 Å². The maximum absolute atomic E-state index is 13.0. The molecule has 1 N–H and O–H groups in total. The Bertz CT molecular complexity index is 829. The lowest BCUT2D eigenvalue weighted by Gasteiger charge is -2.17. The van der Waals surface area contributed by atoms with Crippen molar-refractivity contribution in [2.75, 3.05) is 5.32 Å². The Morgan fingerprint density at radius 2 is 1.35 bits per heavy atom. The van der Waals surface area contributed by atoms with Gasteiger partial charge in [0.1, 0.15) is 5.25 Å². The molecule has 0 saturated carbocycles. The van der Waals surface area contributed by atoms with Gasteiger partial charge in [-0.3, -0.25) is 4.79 Å². The number of amides is 1. The van der Waals surface area contributed by atoms with E-state index in [2.05, 4.69) is 31.3 Å². The summed E-state index contributed by atoms with van der Waals surface area (Å²) < 4.78 is 0. The molecule has 0 spiro atoms. The second-order valence-corrected chi connectivity index (χ2v) is 7.67. The van der Waals surface area contributed by atoms with Crippen LogP contribution in [0, 0.1) is 0 Å². The first-order chi connectivity index (χ1) is 12.6. The summed E-state index contributed by atoms with van der Waals surface area (Å²) in [6.07, 6.45) is 0. The monoisotopic (exact) mass is 361 g/mol. The molecule has 3 rings (SSSR count). The van der Waals surface area contributed by atoms with E-state index in [4.69, 9.17) is 0 Å². The Kier molecular flexibility index (Phi) is 6.13. The molecule has 0 saturated heterocycles. The van der Waals surface area contributed by atoms with Crippen LogP contribution in [-0.2, 0) is 4.79 Å². The van der Waals surface area contributed by atoms with Crippen LogP contribution in [-0.4, -0.2) is 5.91 Å². The average molecular weight is 362 g/mol. The molecule has 3 heteroatoms. The summed E-state index contributed by atoms with van der Waals surface area (Å²) in [4.78, 5) is 14.1. The summed E-state index contributed by atoms with van der Waals surface area (Å²) in [7, 11) is 0. The van der Waals surface area contributed by atoms with Crippen LogP contribution in [0.15, 0.2) is 89.8 Å². The van der Waals surface area contributed by atoms with Gasteiger partial charge in [0, 0.05) is 10.6 Å². The number of thioether (sulfide) groups is 1. The Morgan fingerprint density at radius 3 is 1.92 bits per heavy atom. The first-order valence-corrected chi connectivity index (χ1v) is 9.69. The average Bonchev–Trinajstić information content (AvgIpc) is 2.68. The van der Waals surface area contributed by atoms with Crippen molar-refractivity contribution in [3.63, 3.8) is 0 Å². The highest BCUT2D eigenvalue weighted by molar-refractivity contribution is 8.00. The molecular formula is C23H23NOS. The van der Waals surface area contributed by atoms with Crippen LogP contribution in [0.1, 0.15) is 36.1 Å². The van der Waals surface area contributed by atoms with Gasteiger partial charge in [0.05, 0.1) is 0 Å². The third kappa shape index (κ3) is 4.77. The van der Waals surface area contributed by atoms with E-state index in [0.29, 0.717) is 5.92 Å². The Balaban J connectivity index is 1.80. The van der Waals surface area contributed by atoms with E-state index in [-0.39, 0.29) is 11.2 Å². The zero-order valence-corrected chi connectivity index (χ0v) is 15.9. The topological polar surface area (TPSA) is 29.1 Å². The summed E-state index contributed by atoms with van der Waals surface area (Å²) >= 11 is 1.57. The van der Waals surface area contributed by atoms with Crippen LogP contribution in [0.5, 0.6) is 0 Å². The summed E-state index contributed by atoms with van der Waals surface area (Å²) in [6.45, 7) is 4.32. The van der Waals surface area contributed by atoms with Crippen LogP contribution in [0.4, 0.5) is 5.69 Å². The number of rotatable bonds is 6. The van der Waals surface area contributed by atoms with Crippen molar-refractivity contribution >= 4 is 23.4 Å². The first-order valence-electron chi connectivity index (χ1n) is 8.81. The SMILES string of the molecule is CC(C)c1ccc(NC(=O)[C@@H](Sc2ccccc2)c2ccccc2)cc1. The van der Waals surface area contributed by atoms with Gasteiger partial charge in [-0.05, 0) is 41.3 Å². The molecule has 3 aromatic rings. The summed E-state index contributed by atoms with van der Waals surface area (Å²) in [5.74, 6) is 0.466. The molecule has 3 aromatic carbocycles. The van der Waals surface area contributed by atoms with Crippen LogP contribution in [0.2, 0.25) is 0 Å². The van der Waals surface area contributed by atoms with E-state index in [1.165, 1.54) is 5.56 Å². The van der Waals surface area contributed by atoms with E-state index >= 15 is 0 Å². The zero-order chi connectivity index (χ0) is 18.4. The van der Waals surface area contributed by atoms with Crippen LogP contribution < -0.4 is 5.32 Å². The molecular weight excluding hydrogens is 338 g/mol. The molecule has 0 unspecified atom stereocenters. The van der Waals surface area contributed by atoms with Gasteiger partial charge in [0.25, 0.3) is 0 Å². The van der Waals surface area contributed by atoms with Gasteiger partial charge >= 0.3 is 0 Å². The largest absolute Gasteiger partial charge is 0.325 e. The van der Waals surface area contributed by atoms with Gasteiger partial charge in [-0.2, -0.15) is 0 Å². The van der Waals surface area contributed by atoms with Gasteiger partial charge < -0.3 is 5.32 Å². The molecule has 26 heavy (non-hydrogen) atoms. The van der Waals surface area contributed by atoms with Gasteiger partial charge in [-0.1, -0.05) is 74.5 Å². The number of carbonyl (C=O) groups is 1. The van der Waals surface area contributed by atoms with E-state index in [0.717, 1.165) is 16.1 Å². The highest BCUT2D eigenvalue weighted by Crippen LogP contribution is 2.36. The molecule has 0 heterocycles. The lowest BCUT2D eigenvalue weighted by Crippen LogP contribution is -2.19. The Morgan fingerprint density at radius 1 is 0.769 bits per heavy atom. The molecule has 0 aliphatic heterocycles. The predicted octanol–water partition coefficient (Wildman–Crippen LogP) is 6.28. The highest BCUT2D eigenvalue weighted by Gasteiger charge is 2.22. The maximum Gasteiger partial charge on any atom is 0.242 e. The fourth-order valence-corrected chi connectivity index (χ4v) is 3.74. The summed E-state index contributed by atoms with van der Waals surface area (Å²) in [6, 6.07) is 28.0. The van der Waals surface area contributed by atoms with E-state index in [9.17, 15) is 4.79 Å². The number of anilines is 1. The standard InChI is InChI=1S/C23H23NOS/c1-17(2)18-13-15-20(16-14-18)24-23(25)22(19-9-5-3-6-10-19)26-21-11-7-4-8-12-21/h3-17,22H,1-2H3,(H,24,25)/t22-/m0/s1. The Hall–Kier alpha value is -2.52. The number of carbonyl (C=O) groups excluding carboxylic acids is 1. The molecule has 1 amide bonds. The molecule has 2 nitrogen and oxygen atoms in total. The van der Waals surface area contributed by atoms with E-state index < -0.39 is 0 Å². The quantitative estimate of drug-likeness (QED) is 0.523. The smallest absolute Gasteiger partial charge is 0.242 e. The number of hydrogen-bond acceptors (Lipinski definition) is 2. The van der Waals surface area contributed by atoms with Crippen molar-refractivity contribution < 1.29 is 4.79 Å². The van der Waals surface area contributed by atoms with Crippen molar-refractivity contribution in [3.05, 3.63) is 96.1 Å². The summed E-state index contributed by atoms with van der Waals surface area (Å²) in [5, 5.41) is 2.76. The third-order valence-electron chi connectivity index (χ3n) is 4.18. The van der Waals surface area contributed by atoms with Crippen molar-refractivity contribution in [1.29, 1.82) is 0 Å². The van der Waals surface area contributed by atoms with Crippen molar-refractivity contribution in [2.45, 2.75) is 29.9 Å². The maximum atomic E-state index is 13.0. The number of hydrogen-bond donors (Lipinski definition) is 1. The predicted molar refractivity (Wildman–Crippen MR) is 111 cm³/mol. The van der Waals surface area contributed by atoms with Crippen molar-refractivity contribution in [3.8, 4) is 0 Å². The number of benzene rings is 3. The second kappa shape index (κ2) is 8.72. The van der Waals surface area contributed by atoms with E-state index in [1.54, 1.807) is 11.8 Å². The fraction of sp³-hybridized carbons (Fsp3) is 0.174. The van der Waals surface area contributed by atoms with Crippen LogP contribution in [0.3, 0.4) is 0 Å². The fourth-order valence-electron chi connectivity index (χ4n) is 2.70. The minimum absolute atomic E-state index is 0.0117. The number of nitrogens with one attached hydrogen (secondary N) is 1. The first kappa shape index (κ1) is 18.3. The van der Waals surface area contributed by atoms with Gasteiger partial charge in [-0.25, -0.2) is 0 Å². The highest BCUT2D eigenvalue weighted by atomic mass is 32.2. The normalized spacial score (nSPS) is 12.0. The third-order valence-corrected chi connectivity index (χ3v) is 5.45. The van der Waals surface area contributed by atoms with Gasteiger partial charge in [-0.15, -0.1) is 11.8 Å². The van der Waals surface area contributed by atoms with Gasteiger partial charge in [0.15, 0.2) is 0 Å². The van der Waals surface area contributed by atoms with Crippen molar-refractivity contribution in [1.82, 2.24) is 0 Å². The minimum atomic E-state index is -0.302. The summed E-state index contributed by atoms with van der Waals surface area (Å²) in [5.41, 5.74) is 3.09. The minimum Gasteiger partial charge on any atom is -0.325 e. The molecule has 0 radical (unpaired) electrons. The lowest BCUT2D eigenvalue weighted by atomic mass is 10.0. The lowest BCUT2D eigenvalue weighted by molar-refractivity contribution is -0.115. The Labute approximate surface area is 159 Å².